The molecule has 0 atom stereocenters. The molecule has 26 heavy (non-hydrogen) atoms. The molecule has 1 aliphatic heterocycles. The van der Waals surface area contributed by atoms with Gasteiger partial charge >= 0.3 is 0 Å². The van der Waals surface area contributed by atoms with Crippen molar-refractivity contribution < 1.29 is 18.7 Å². The highest BCUT2D eigenvalue weighted by atomic mass is 19.1. The lowest BCUT2D eigenvalue weighted by Crippen LogP contribution is -2.30. The lowest BCUT2D eigenvalue weighted by molar-refractivity contribution is 0.0984. The molecule has 0 aliphatic carbocycles. The van der Waals surface area contributed by atoms with Crippen LogP contribution in [0.2, 0.25) is 0 Å². The fourth-order valence-electron chi connectivity index (χ4n) is 2.78. The Bertz CT molecular complexity index is 947. The highest BCUT2D eigenvalue weighted by Crippen LogP contribution is 2.33. The summed E-state index contributed by atoms with van der Waals surface area (Å²) in [7, 11) is 0. The summed E-state index contributed by atoms with van der Waals surface area (Å²) in [5.41, 5.74) is 1.74. The second kappa shape index (κ2) is 6.84. The van der Waals surface area contributed by atoms with E-state index in [2.05, 4.69) is 4.98 Å². The summed E-state index contributed by atoms with van der Waals surface area (Å²) >= 11 is 0. The lowest BCUT2D eigenvalue weighted by Gasteiger charge is -2.23. The molecule has 0 unspecified atom stereocenters. The van der Waals surface area contributed by atoms with Gasteiger partial charge in [-0.1, -0.05) is 12.1 Å². The third kappa shape index (κ3) is 3.21. The van der Waals surface area contributed by atoms with E-state index >= 15 is 0 Å². The number of rotatable bonds is 4. The van der Waals surface area contributed by atoms with Crippen molar-refractivity contribution in [3.05, 3.63) is 83.9 Å². The Morgan fingerprint density at radius 3 is 2.77 bits per heavy atom. The minimum absolute atomic E-state index is 0.135. The smallest absolute Gasteiger partial charge is 0.258 e. The largest absolute Gasteiger partial charge is 0.454 e. The Kier molecular flexibility index (Phi) is 4.23. The summed E-state index contributed by atoms with van der Waals surface area (Å²) in [5, 5.41) is 0. The standard InChI is InChI=1S/C20H15FN2O3/c21-16-4-1-5-17(10-16)23(12-14-3-2-8-22-11-14)20(24)15-6-7-18-19(9-15)26-13-25-18/h1-11H,12-13H2. The number of pyridine rings is 1. The molecule has 0 fully saturated rings. The average molecular weight is 350 g/mol. The number of hydrogen-bond acceptors (Lipinski definition) is 4. The van der Waals surface area contributed by atoms with Crippen molar-refractivity contribution in [3.8, 4) is 11.5 Å². The predicted molar refractivity (Wildman–Crippen MR) is 93.7 cm³/mol. The van der Waals surface area contributed by atoms with E-state index in [-0.39, 0.29) is 19.2 Å². The number of ether oxygens (including phenoxy) is 2. The molecule has 0 N–H and O–H groups in total. The Hall–Kier alpha value is -3.41. The van der Waals surface area contributed by atoms with Gasteiger partial charge in [0, 0.05) is 23.6 Å². The van der Waals surface area contributed by atoms with Crippen LogP contribution in [0.4, 0.5) is 10.1 Å². The number of halogens is 1. The number of carbonyl (C=O) groups excluding carboxylic acids is 1. The van der Waals surface area contributed by atoms with Gasteiger partial charge < -0.3 is 14.4 Å². The van der Waals surface area contributed by atoms with Crippen LogP contribution in [-0.4, -0.2) is 17.7 Å². The Morgan fingerprint density at radius 1 is 1.08 bits per heavy atom. The van der Waals surface area contributed by atoms with Crippen LogP contribution in [0, 0.1) is 5.82 Å². The Morgan fingerprint density at radius 2 is 1.96 bits per heavy atom. The molecular weight excluding hydrogens is 335 g/mol. The first-order chi connectivity index (χ1) is 12.7. The second-order valence-corrected chi connectivity index (χ2v) is 5.80. The molecule has 6 heteroatoms. The van der Waals surface area contributed by atoms with Gasteiger partial charge in [0.1, 0.15) is 5.82 Å². The van der Waals surface area contributed by atoms with Crippen molar-refractivity contribution in [1.29, 1.82) is 0 Å². The number of nitrogens with zero attached hydrogens (tertiary/aromatic N) is 2. The molecule has 0 radical (unpaired) electrons. The SMILES string of the molecule is O=C(c1ccc2c(c1)OCO2)N(Cc1cccnc1)c1cccc(F)c1. The fourth-order valence-corrected chi connectivity index (χ4v) is 2.78. The van der Waals surface area contributed by atoms with Crippen LogP contribution in [0.1, 0.15) is 15.9 Å². The van der Waals surface area contributed by atoms with Gasteiger partial charge in [-0.3, -0.25) is 9.78 Å². The second-order valence-electron chi connectivity index (χ2n) is 5.80. The highest BCUT2D eigenvalue weighted by Gasteiger charge is 2.22. The summed E-state index contributed by atoms with van der Waals surface area (Å²) in [6.07, 6.45) is 3.34. The van der Waals surface area contributed by atoms with Crippen LogP contribution in [0.15, 0.2) is 67.0 Å². The van der Waals surface area contributed by atoms with E-state index < -0.39 is 5.82 Å². The van der Waals surface area contributed by atoms with Crippen LogP contribution in [-0.2, 0) is 6.54 Å². The third-order valence-electron chi connectivity index (χ3n) is 4.05. The van der Waals surface area contributed by atoms with Crippen molar-refractivity contribution in [3.63, 3.8) is 0 Å². The van der Waals surface area contributed by atoms with Crippen LogP contribution in [0.25, 0.3) is 0 Å². The zero-order valence-corrected chi connectivity index (χ0v) is 13.8. The zero-order valence-electron chi connectivity index (χ0n) is 13.8. The van der Waals surface area contributed by atoms with E-state index in [4.69, 9.17) is 9.47 Å². The maximum Gasteiger partial charge on any atom is 0.258 e. The summed E-state index contributed by atoms with van der Waals surface area (Å²) in [4.78, 5) is 18.7. The van der Waals surface area contributed by atoms with Gasteiger partial charge in [0.15, 0.2) is 11.5 Å². The van der Waals surface area contributed by atoms with E-state index in [0.717, 1.165) is 5.56 Å². The molecule has 1 aliphatic rings. The van der Waals surface area contributed by atoms with Crippen molar-refractivity contribution >= 4 is 11.6 Å². The number of anilines is 1. The van der Waals surface area contributed by atoms with Gasteiger partial charge in [0.05, 0.1) is 6.54 Å². The van der Waals surface area contributed by atoms with Crippen LogP contribution in [0.5, 0.6) is 11.5 Å². The molecule has 0 saturated heterocycles. The number of carbonyl (C=O) groups is 1. The Balaban J connectivity index is 1.71. The first kappa shape index (κ1) is 16.1. The molecule has 5 nitrogen and oxygen atoms in total. The number of aromatic nitrogens is 1. The molecule has 0 spiro atoms. The minimum Gasteiger partial charge on any atom is -0.454 e. The molecule has 2 heterocycles. The molecule has 3 aromatic rings. The summed E-state index contributed by atoms with van der Waals surface area (Å²) in [5.74, 6) is 0.456. The minimum atomic E-state index is -0.405. The molecule has 130 valence electrons. The maximum atomic E-state index is 13.7. The lowest BCUT2D eigenvalue weighted by atomic mass is 10.1. The third-order valence-corrected chi connectivity index (χ3v) is 4.05. The quantitative estimate of drug-likeness (QED) is 0.718. The summed E-state index contributed by atoms with van der Waals surface area (Å²) in [6, 6.07) is 14.6. The number of amides is 1. The van der Waals surface area contributed by atoms with Crippen LogP contribution < -0.4 is 14.4 Å². The van der Waals surface area contributed by atoms with E-state index in [0.29, 0.717) is 22.7 Å². The summed E-state index contributed by atoms with van der Waals surface area (Å²) < 4.78 is 24.4. The Labute approximate surface area is 149 Å². The van der Waals surface area contributed by atoms with E-state index in [9.17, 15) is 9.18 Å². The van der Waals surface area contributed by atoms with Gasteiger partial charge in [-0.05, 0) is 48.0 Å². The van der Waals surface area contributed by atoms with E-state index in [1.165, 1.54) is 17.0 Å². The van der Waals surface area contributed by atoms with Gasteiger partial charge in [-0.2, -0.15) is 0 Å². The molecule has 1 aromatic heterocycles. The first-order valence-corrected chi connectivity index (χ1v) is 8.07. The number of benzene rings is 2. The molecule has 0 saturated carbocycles. The molecule has 4 rings (SSSR count). The number of hydrogen-bond donors (Lipinski definition) is 0. The van der Waals surface area contributed by atoms with E-state index in [1.54, 1.807) is 48.8 Å². The molecule has 0 bridgehead atoms. The maximum absolute atomic E-state index is 13.7. The van der Waals surface area contributed by atoms with Gasteiger partial charge in [-0.25, -0.2) is 4.39 Å². The van der Waals surface area contributed by atoms with E-state index in [1.807, 2.05) is 6.07 Å². The van der Waals surface area contributed by atoms with Crippen LogP contribution in [0.3, 0.4) is 0 Å². The van der Waals surface area contributed by atoms with Crippen molar-refractivity contribution in [1.82, 2.24) is 4.98 Å². The molecule has 1 amide bonds. The average Bonchev–Trinajstić information content (AvgIpc) is 3.14. The van der Waals surface area contributed by atoms with Crippen molar-refractivity contribution in [2.24, 2.45) is 0 Å². The highest BCUT2D eigenvalue weighted by molar-refractivity contribution is 6.06. The zero-order chi connectivity index (χ0) is 17.9. The van der Waals surface area contributed by atoms with Crippen molar-refractivity contribution in [2.75, 3.05) is 11.7 Å². The van der Waals surface area contributed by atoms with Crippen molar-refractivity contribution in [2.45, 2.75) is 6.54 Å². The van der Waals surface area contributed by atoms with Gasteiger partial charge in [-0.15, -0.1) is 0 Å². The van der Waals surface area contributed by atoms with Crippen LogP contribution >= 0.6 is 0 Å². The molecular formula is C20H15FN2O3. The normalized spacial score (nSPS) is 12.0. The summed E-state index contributed by atoms with van der Waals surface area (Å²) in [6.45, 7) is 0.404. The predicted octanol–water partition coefficient (Wildman–Crippen LogP) is 3.80. The molecule has 2 aromatic carbocycles. The first-order valence-electron chi connectivity index (χ1n) is 8.07. The van der Waals surface area contributed by atoms with Gasteiger partial charge in [0.25, 0.3) is 5.91 Å². The monoisotopic (exact) mass is 350 g/mol. The fraction of sp³-hybridized carbons (Fsp3) is 0.100. The topological polar surface area (TPSA) is 51.7 Å². The van der Waals surface area contributed by atoms with Gasteiger partial charge in [0.2, 0.25) is 6.79 Å². The number of fused-ring (bicyclic) bond motifs is 1.